The van der Waals surface area contributed by atoms with Crippen LogP contribution in [0.4, 0.5) is 13.2 Å². The van der Waals surface area contributed by atoms with Crippen LogP contribution in [0.3, 0.4) is 0 Å². The van der Waals surface area contributed by atoms with Gasteiger partial charge in [-0.1, -0.05) is 0 Å². The topological polar surface area (TPSA) is 56.0 Å². The first-order valence-electron chi connectivity index (χ1n) is 4.80. The van der Waals surface area contributed by atoms with E-state index in [0.717, 1.165) is 12.8 Å². The number of aliphatic hydroxyl groups excluding tert-OH is 1. The predicted octanol–water partition coefficient (Wildman–Crippen LogP) is 1.05. The Balaban J connectivity index is 2.20. The first-order chi connectivity index (χ1) is 6.95. The first-order valence-corrected chi connectivity index (χ1v) is 4.80. The average Bonchev–Trinajstić information content (AvgIpc) is 2.92. The van der Waals surface area contributed by atoms with Crippen molar-refractivity contribution in [1.82, 2.24) is 5.32 Å². The van der Waals surface area contributed by atoms with Crippen molar-refractivity contribution in [3.8, 4) is 6.07 Å². The van der Waals surface area contributed by atoms with E-state index in [4.69, 9.17) is 5.26 Å². The van der Waals surface area contributed by atoms with Crippen molar-refractivity contribution >= 4 is 0 Å². The monoisotopic (exact) mass is 222 g/mol. The zero-order valence-corrected chi connectivity index (χ0v) is 8.09. The van der Waals surface area contributed by atoms with Gasteiger partial charge in [0.2, 0.25) is 0 Å². The summed E-state index contributed by atoms with van der Waals surface area (Å²) in [5.41, 5.74) is 0. The van der Waals surface area contributed by atoms with Crippen molar-refractivity contribution in [3.63, 3.8) is 0 Å². The number of hydrogen-bond acceptors (Lipinski definition) is 3. The van der Waals surface area contributed by atoms with Gasteiger partial charge in [0.05, 0.1) is 12.2 Å². The van der Waals surface area contributed by atoms with E-state index in [9.17, 15) is 18.3 Å². The van der Waals surface area contributed by atoms with Gasteiger partial charge in [-0.2, -0.15) is 18.4 Å². The lowest BCUT2D eigenvalue weighted by Gasteiger charge is -2.15. The van der Waals surface area contributed by atoms with Crippen molar-refractivity contribution in [2.45, 2.75) is 25.1 Å². The third-order valence-corrected chi connectivity index (χ3v) is 2.42. The molecule has 1 saturated carbocycles. The third-order valence-electron chi connectivity index (χ3n) is 2.42. The summed E-state index contributed by atoms with van der Waals surface area (Å²) in [4.78, 5) is 0. The van der Waals surface area contributed by atoms with Gasteiger partial charge in [-0.15, -0.1) is 0 Å². The van der Waals surface area contributed by atoms with Crippen LogP contribution in [0.5, 0.6) is 0 Å². The van der Waals surface area contributed by atoms with E-state index < -0.39 is 24.7 Å². The average molecular weight is 222 g/mol. The minimum atomic E-state index is -4.49. The van der Waals surface area contributed by atoms with Crippen LogP contribution in [0.1, 0.15) is 12.8 Å². The molecular weight excluding hydrogens is 209 g/mol. The molecule has 1 rings (SSSR count). The number of nitrogens with one attached hydrogen (secondary N) is 1. The molecule has 1 aliphatic rings. The molecule has 2 unspecified atom stereocenters. The van der Waals surface area contributed by atoms with Gasteiger partial charge < -0.3 is 10.4 Å². The molecule has 1 fully saturated rings. The van der Waals surface area contributed by atoms with E-state index in [0.29, 0.717) is 0 Å². The summed E-state index contributed by atoms with van der Waals surface area (Å²) >= 11 is 0. The summed E-state index contributed by atoms with van der Waals surface area (Å²) in [7, 11) is 0. The highest BCUT2D eigenvalue weighted by molar-refractivity contribution is 4.90. The number of aliphatic hydroxyl groups is 1. The Bertz CT molecular complexity index is 245. The summed E-state index contributed by atoms with van der Waals surface area (Å²) in [6.07, 6.45) is -3.21. The fraction of sp³-hybridized carbons (Fsp3) is 0.889. The number of rotatable bonds is 5. The summed E-state index contributed by atoms with van der Waals surface area (Å²) in [5.74, 6) is -1.77. The highest BCUT2D eigenvalue weighted by Gasteiger charge is 2.39. The van der Waals surface area contributed by atoms with Crippen molar-refractivity contribution in [3.05, 3.63) is 0 Å². The number of nitrogens with zero attached hydrogens (tertiary/aromatic N) is 1. The largest absolute Gasteiger partial charge is 0.405 e. The predicted molar refractivity (Wildman–Crippen MR) is 46.8 cm³/mol. The van der Waals surface area contributed by atoms with Crippen LogP contribution in [0.15, 0.2) is 0 Å². The Labute approximate surface area is 85.9 Å². The molecule has 86 valence electrons. The van der Waals surface area contributed by atoms with Crippen LogP contribution in [-0.2, 0) is 0 Å². The SMILES string of the molecule is N#CC(CNCC(O)C1CC1)C(F)(F)F. The molecule has 0 radical (unpaired) electrons. The first kappa shape index (κ1) is 12.3. The molecule has 0 aromatic heterocycles. The molecule has 0 aliphatic heterocycles. The molecule has 15 heavy (non-hydrogen) atoms. The van der Waals surface area contributed by atoms with Crippen LogP contribution in [-0.4, -0.2) is 30.5 Å². The molecule has 0 amide bonds. The molecule has 0 saturated heterocycles. The smallest absolute Gasteiger partial charge is 0.392 e. The summed E-state index contributed by atoms with van der Waals surface area (Å²) in [6, 6.07) is 1.19. The summed E-state index contributed by atoms with van der Waals surface area (Å²) in [5, 5.41) is 20.1. The van der Waals surface area contributed by atoms with Gasteiger partial charge in [0.15, 0.2) is 5.92 Å². The quantitative estimate of drug-likeness (QED) is 0.731. The number of hydrogen-bond donors (Lipinski definition) is 2. The van der Waals surface area contributed by atoms with Crippen LogP contribution >= 0.6 is 0 Å². The molecule has 6 heteroatoms. The Morgan fingerprint density at radius 2 is 2.00 bits per heavy atom. The van der Waals surface area contributed by atoms with Crippen molar-refractivity contribution in [2.24, 2.45) is 11.8 Å². The summed E-state index contributed by atoms with van der Waals surface area (Å²) < 4.78 is 36.3. The van der Waals surface area contributed by atoms with Crippen molar-refractivity contribution in [2.75, 3.05) is 13.1 Å². The van der Waals surface area contributed by atoms with Crippen molar-refractivity contribution in [1.29, 1.82) is 5.26 Å². The van der Waals surface area contributed by atoms with E-state index in [2.05, 4.69) is 5.32 Å². The maximum absolute atomic E-state index is 12.1. The van der Waals surface area contributed by atoms with Gasteiger partial charge in [0.25, 0.3) is 0 Å². The van der Waals surface area contributed by atoms with Gasteiger partial charge >= 0.3 is 6.18 Å². The van der Waals surface area contributed by atoms with Gasteiger partial charge in [0, 0.05) is 13.1 Å². The fourth-order valence-corrected chi connectivity index (χ4v) is 1.26. The molecular formula is C9H13F3N2O. The molecule has 0 heterocycles. The zero-order chi connectivity index (χ0) is 11.5. The second kappa shape index (κ2) is 4.81. The fourth-order valence-electron chi connectivity index (χ4n) is 1.26. The number of alkyl halides is 3. The van der Waals surface area contributed by atoms with Gasteiger partial charge in [0.1, 0.15) is 0 Å². The van der Waals surface area contributed by atoms with Gasteiger partial charge in [-0.25, -0.2) is 0 Å². The molecule has 1 aliphatic carbocycles. The highest BCUT2D eigenvalue weighted by atomic mass is 19.4. The van der Waals surface area contributed by atoms with E-state index in [1.54, 1.807) is 0 Å². The molecule has 0 bridgehead atoms. The van der Waals surface area contributed by atoms with E-state index >= 15 is 0 Å². The molecule has 3 nitrogen and oxygen atoms in total. The van der Waals surface area contributed by atoms with Gasteiger partial charge in [-0.05, 0) is 18.8 Å². The lowest BCUT2D eigenvalue weighted by atomic mass is 10.1. The maximum atomic E-state index is 12.1. The Morgan fingerprint density at radius 3 is 2.40 bits per heavy atom. The standard InChI is InChI=1S/C9H13F3N2O/c10-9(11,12)7(3-13)4-14-5-8(15)6-1-2-6/h6-8,14-15H,1-2,4-5H2. The highest BCUT2D eigenvalue weighted by Crippen LogP contribution is 2.32. The second-order valence-corrected chi connectivity index (χ2v) is 3.79. The minimum absolute atomic E-state index is 0.124. The van der Waals surface area contributed by atoms with Crippen LogP contribution in [0.25, 0.3) is 0 Å². The lowest BCUT2D eigenvalue weighted by Crippen LogP contribution is -2.36. The van der Waals surface area contributed by atoms with E-state index in [1.165, 1.54) is 6.07 Å². The van der Waals surface area contributed by atoms with Crippen molar-refractivity contribution < 1.29 is 18.3 Å². The van der Waals surface area contributed by atoms with Gasteiger partial charge in [-0.3, -0.25) is 0 Å². The lowest BCUT2D eigenvalue weighted by molar-refractivity contribution is -0.157. The van der Waals surface area contributed by atoms with Crippen LogP contribution in [0.2, 0.25) is 0 Å². The van der Waals surface area contributed by atoms with Crippen LogP contribution in [0, 0.1) is 23.2 Å². The normalized spacial score (nSPS) is 20.7. The molecule has 0 aromatic rings. The summed E-state index contributed by atoms with van der Waals surface area (Å²) in [6.45, 7) is -0.331. The van der Waals surface area contributed by atoms with E-state index in [1.807, 2.05) is 0 Å². The number of nitriles is 1. The second-order valence-electron chi connectivity index (χ2n) is 3.79. The van der Waals surface area contributed by atoms with E-state index in [-0.39, 0.29) is 12.5 Å². The van der Waals surface area contributed by atoms with Crippen LogP contribution < -0.4 is 5.32 Å². The number of halogens is 3. The Morgan fingerprint density at radius 1 is 1.40 bits per heavy atom. The third kappa shape index (κ3) is 4.06. The zero-order valence-electron chi connectivity index (χ0n) is 8.09. The molecule has 0 spiro atoms. The molecule has 0 aromatic carbocycles. The molecule has 2 atom stereocenters. The minimum Gasteiger partial charge on any atom is -0.392 e. The molecule has 2 N–H and O–H groups in total. The Kier molecular flexibility index (Phi) is 3.94. The maximum Gasteiger partial charge on any atom is 0.405 e. The Hall–Kier alpha value is -0.800.